The van der Waals surface area contributed by atoms with E-state index < -0.39 is 42.5 Å². The van der Waals surface area contributed by atoms with Crippen LogP contribution in [0.1, 0.15) is 95.8 Å². The molecule has 0 spiro atoms. The van der Waals surface area contributed by atoms with Crippen molar-refractivity contribution in [3.8, 4) is 28.1 Å². The van der Waals surface area contributed by atoms with Crippen LogP contribution in [-0.2, 0) is 35.1 Å². The van der Waals surface area contributed by atoms with Gasteiger partial charge in [0.25, 0.3) is 0 Å². The first-order valence-electron chi connectivity index (χ1n) is 21.8. The van der Waals surface area contributed by atoms with Crippen LogP contribution in [0.25, 0.3) is 44.2 Å². The fraction of sp³-hybridized carbons (Fsp3) is 0.489. The third-order valence-electron chi connectivity index (χ3n) is 13.0. The Morgan fingerprint density at radius 3 is 2.23 bits per heavy atom. The minimum absolute atomic E-state index is 0.0821. The predicted molar refractivity (Wildman–Crippen MR) is 241 cm³/mol. The second-order valence-corrected chi connectivity index (χ2v) is 16.9. The van der Waals surface area contributed by atoms with Crippen LogP contribution >= 0.6 is 0 Å². The topological polar surface area (TPSA) is 202 Å². The number of H-pyrrole nitrogens is 2. The van der Waals surface area contributed by atoms with Crippen molar-refractivity contribution in [2.45, 2.75) is 123 Å². The van der Waals surface area contributed by atoms with Gasteiger partial charge in [-0.2, -0.15) is 0 Å². The molecule has 4 amide bonds. The van der Waals surface area contributed by atoms with E-state index in [0.717, 1.165) is 67.6 Å². The standard InChI is InChI=1S/C47H60N8O9/c1-12-23(2)54(44(56)39(27(6)60-8)52-46(58)62-10)26(5)42-49-35-17-15-29-20-34-32-16-14-30(19-31(32)22-64-37(34)21-33(29)41(35)51-42)38-25(4)48-43(50-38)36-18-13-24(3)55(36)45(57)40(28(7)61-9)53-47(59)63-11/h14-17,19-21,23-24,26-28,36,39-40H,12-13,18,22H2,1-11H3,(H,48,50)(H,49,51)(H,52,58)(H,53,59)/t23-,24-,26-,27+,28+,36-,39-,40-/m0/s1. The number of rotatable bonds is 14. The first-order valence-corrected chi connectivity index (χ1v) is 21.8. The summed E-state index contributed by atoms with van der Waals surface area (Å²) in [6, 6.07) is 11.5. The number of nitrogens with zero attached hydrogens (tertiary/aromatic N) is 4. The molecule has 342 valence electrons. The first-order chi connectivity index (χ1) is 30.6. The smallest absolute Gasteiger partial charge is 0.407 e. The number of hydrogen-bond donors (Lipinski definition) is 4. The number of amides is 4. The zero-order valence-electron chi connectivity index (χ0n) is 38.5. The van der Waals surface area contributed by atoms with Crippen LogP contribution in [0.4, 0.5) is 9.59 Å². The van der Waals surface area contributed by atoms with Gasteiger partial charge in [-0.3, -0.25) is 9.59 Å². The summed E-state index contributed by atoms with van der Waals surface area (Å²) in [5, 5.41) is 7.20. The number of likely N-dealkylation sites (tertiary alicyclic amines) is 1. The summed E-state index contributed by atoms with van der Waals surface area (Å²) < 4.78 is 27.1. The lowest BCUT2D eigenvalue weighted by atomic mass is 9.92. The molecular weight excluding hydrogens is 821 g/mol. The molecule has 1 fully saturated rings. The van der Waals surface area contributed by atoms with Gasteiger partial charge in [-0.1, -0.05) is 25.1 Å². The zero-order valence-corrected chi connectivity index (χ0v) is 38.5. The molecule has 8 atom stereocenters. The van der Waals surface area contributed by atoms with Crippen molar-refractivity contribution in [2.24, 2.45) is 0 Å². The number of alkyl carbamates (subject to hydrolysis) is 2. The molecule has 5 aromatic rings. The fourth-order valence-corrected chi connectivity index (χ4v) is 9.04. The summed E-state index contributed by atoms with van der Waals surface area (Å²) in [7, 11) is 5.51. The van der Waals surface area contributed by atoms with E-state index in [0.29, 0.717) is 31.1 Å². The molecule has 2 aliphatic heterocycles. The highest BCUT2D eigenvalue weighted by atomic mass is 16.5. The number of aromatic amines is 2. The summed E-state index contributed by atoms with van der Waals surface area (Å²) in [6.07, 6.45) is -0.467. The average Bonchev–Trinajstić information content (AvgIpc) is 4.04. The number of ether oxygens (including phenoxy) is 5. The molecule has 2 aliphatic rings. The minimum atomic E-state index is -0.977. The minimum Gasteiger partial charge on any atom is -0.488 e. The lowest BCUT2D eigenvalue weighted by Crippen LogP contribution is -2.56. The molecule has 1 saturated heterocycles. The average molecular weight is 881 g/mol. The molecule has 17 nitrogen and oxygen atoms in total. The maximum atomic E-state index is 14.2. The third-order valence-corrected chi connectivity index (χ3v) is 13.0. The van der Waals surface area contributed by atoms with Gasteiger partial charge < -0.3 is 54.1 Å². The van der Waals surface area contributed by atoms with Crippen molar-refractivity contribution in [1.82, 2.24) is 40.4 Å². The molecule has 4 heterocycles. The normalized spacial score (nSPS) is 18.5. The highest BCUT2D eigenvalue weighted by Crippen LogP contribution is 2.44. The highest BCUT2D eigenvalue weighted by molar-refractivity contribution is 6.07. The predicted octanol–water partition coefficient (Wildman–Crippen LogP) is 7.23. The van der Waals surface area contributed by atoms with E-state index >= 15 is 0 Å². The number of fused-ring (bicyclic) bond motifs is 6. The van der Waals surface area contributed by atoms with E-state index in [1.54, 1.807) is 23.6 Å². The van der Waals surface area contributed by atoms with E-state index in [1.807, 2.05) is 46.8 Å². The molecule has 17 heteroatoms. The second kappa shape index (κ2) is 18.9. The van der Waals surface area contributed by atoms with Crippen LogP contribution in [0.3, 0.4) is 0 Å². The van der Waals surface area contributed by atoms with Gasteiger partial charge in [-0.05, 0) is 102 Å². The fourth-order valence-electron chi connectivity index (χ4n) is 9.04. The van der Waals surface area contributed by atoms with E-state index in [9.17, 15) is 19.2 Å². The van der Waals surface area contributed by atoms with E-state index in [-0.39, 0.29) is 29.9 Å². The lowest BCUT2D eigenvalue weighted by molar-refractivity contribution is -0.141. The van der Waals surface area contributed by atoms with Gasteiger partial charge in [0.15, 0.2) is 0 Å². The Morgan fingerprint density at radius 2 is 1.56 bits per heavy atom. The lowest BCUT2D eigenvalue weighted by Gasteiger charge is -2.37. The van der Waals surface area contributed by atoms with Crippen LogP contribution < -0.4 is 15.4 Å². The summed E-state index contributed by atoms with van der Waals surface area (Å²) in [6.45, 7) is 13.7. The first kappa shape index (κ1) is 45.8. The molecule has 4 N–H and O–H groups in total. The molecular formula is C47H60N8O9. The van der Waals surface area contributed by atoms with Crippen molar-refractivity contribution >= 4 is 45.8 Å². The van der Waals surface area contributed by atoms with Crippen LogP contribution in [0.5, 0.6) is 5.75 Å². The Balaban J connectivity index is 1.16. The van der Waals surface area contributed by atoms with Crippen molar-refractivity contribution in [2.75, 3.05) is 28.4 Å². The van der Waals surface area contributed by atoms with Gasteiger partial charge in [-0.15, -0.1) is 0 Å². The third kappa shape index (κ3) is 8.57. The van der Waals surface area contributed by atoms with Gasteiger partial charge in [0.1, 0.15) is 36.1 Å². The van der Waals surface area contributed by atoms with Gasteiger partial charge in [0.05, 0.1) is 55.2 Å². The molecule has 7 rings (SSSR count). The number of carbonyl (C=O) groups is 4. The largest absolute Gasteiger partial charge is 0.488 e. The SMILES string of the molecule is CC[C@H](C)N(C(=O)[C@@H](NC(=O)OC)[C@@H](C)OC)[C@@H](C)c1nc2c(ccc3cc4c(cc32)OCc2cc(-c3nc([C@@H]5CC[C@H](C)N5C(=O)[C@@H](NC(=O)OC)[C@@H](C)OC)[nH]c3C)ccc2-4)[nH]1. The van der Waals surface area contributed by atoms with Crippen molar-refractivity contribution in [3.05, 3.63) is 65.4 Å². The number of imidazole rings is 2. The van der Waals surface area contributed by atoms with Crippen LogP contribution in [0.2, 0.25) is 0 Å². The number of hydrogen-bond acceptors (Lipinski definition) is 11. The Kier molecular flexibility index (Phi) is 13.5. The Labute approximate surface area is 372 Å². The van der Waals surface area contributed by atoms with Crippen molar-refractivity contribution < 1.29 is 42.9 Å². The number of nitrogens with one attached hydrogen (secondary N) is 4. The second-order valence-electron chi connectivity index (χ2n) is 16.9. The van der Waals surface area contributed by atoms with Gasteiger partial charge in [0, 0.05) is 48.5 Å². The number of aryl methyl sites for hydroxylation is 1. The maximum absolute atomic E-state index is 14.2. The van der Waals surface area contributed by atoms with Crippen LogP contribution in [0.15, 0.2) is 42.5 Å². The zero-order chi connectivity index (χ0) is 46.1. The maximum Gasteiger partial charge on any atom is 0.407 e. The number of methoxy groups -OCH3 is 4. The molecule has 64 heavy (non-hydrogen) atoms. The molecule has 0 bridgehead atoms. The highest BCUT2D eigenvalue weighted by Gasteiger charge is 2.43. The number of aromatic nitrogens is 4. The van der Waals surface area contributed by atoms with Crippen molar-refractivity contribution in [3.63, 3.8) is 0 Å². The van der Waals surface area contributed by atoms with Crippen LogP contribution in [-0.4, -0.2) is 119 Å². The molecule has 0 unspecified atom stereocenters. The van der Waals surface area contributed by atoms with E-state index in [1.165, 1.54) is 28.4 Å². The summed E-state index contributed by atoms with van der Waals surface area (Å²) in [5.74, 6) is 1.45. The Bertz CT molecular complexity index is 2550. The van der Waals surface area contributed by atoms with Crippen molar-refractivity contribution in [1.29, 1.82) is 0 Å². The summed E-state index contributed by atoms with van der Waals surface area (Å²) in [4.78, 5) is 73.4. The number of benzene rings is 3. The van der Waals surface area contributed by atoms with E-state index in [2.05, 4.69) is 50.9 Å². The van der Waals surface area contributed by atoms with Crippen LogP contribution in [0, 0.1) is 6.92 Å². The van der Waals surface area contributed by atoms with E-state index in [4.69, 9.17) is 33.7 Å². The summed E-state index contributed by atoms with van der Waals surface area (Å²) >= 11 is 0. The molecule has 0 radical (unpaired) electrons. The van der Waals surface area contributed by atoms with Gasteiger partial charge >= 0.3 is 12.2 Å². The van der Waals surface area contributed by atoms with Gasteiger partial charge in [-0.25, -0.2) is 19.6 Å². The Hall–Kier alpha value is -6.20. The molecule has 0 saturated carbocycles. The molecule has 3 aromatic carbocycles. The quantitative estimate of drug-likeness (QED) is 0.0877. The molecule has 2 aromatic heterocycles. The molecule has 0 aliphatic carbocycles. The number of carbonyl (C=O) groups excluding carboxylic acids is 4. The van der Waals surface area contributed by atoms with Gasteiger partial charge in [0.2, 0.25) is 11.8 Å². The monoisotopic (exact) mass is 880 g/mol. The summed E-state index contributed by atoms with van der Waals surface area (Å²) in [5.41, 5.74) is 7.17. The Morgan fingerprint density at radius 1 is 0.875 bits per heavy atom.